The minimum Gasteiger partial charge on any atom is -0.481 e. The van der Waals surface area contributed by atoms with Crippen molar-refractivity contribution in [1.82, 2.24) is 0 Å². The van der Waals surface area contributed by atoms with Crippen molar-refractivity contribution in [1.29, 1.82) is 0 Å². The molecule has 0 aliphatic heterocycles. The summed E-state index contributed by atoms with van der Waals surface area (Å²) in [5.74, 6) is 1.46. The first kappa shape index (κ1) is 24.6. The lowest BCUT2D eigenvalue weighted by atomic mass is 9.33. The van der Waals surface area contributed by atoms with Gasteiger partial charge in [0.25, 0.3) is 0 Å². The maximum absolute atomic E-state index is 12.6. The maximum Gasteiger partial charge on any atom is 0.312 e. The lowest BCUT2D eigenvalue weighted by molar-refractivity contribution is -0.209. The summed E-state index contributed by atoms with van der Waals surface area (Å²) in [5, 5.41) is 21.2. The first-order chi connectivity index (χ1) is 15.7. The first-order valence-electron chi connectivity index (χ1n) is 14.0. The quantitative estimate of drug-likeness (QED) is 0.426. The van der Waals surface area contributed by atoms with Gasteiger partial charge < -0.3 is 10.2 Å². The van der Waals surface area contributed by atoms with Gasteiger partial charge in [-0.1, -0.05) is 65.3 Å². The van der Waals surface area contributed by atoms with Crippen LogP contribution in [-0.2, 0) is 4.79 Å². The number of fused-ring (bicyclic) bond motifs is 7. The Kier molecular flexibility index (Phi) is 5.23. The summed E-state index contributed by atoms with van der Waals surface area (Å²) in [6.45, 7) is 21.5. The fraction of sp³-hybridized carbons (Fsp3) is 0.839. The molecular formula is C31H48O3. The van der Waals surface area contributed by atoms with Gasteiger partial charge in [0.05, 0.1) is 11.5 Å². The van der Waals surface area contributed by atoms with Crippen LogP contribution in [0.15, 0.2) is 23.8 Å². The number of carboxylic acid groups (broad SMARTS) is 1. The third-order valence-electron chi connectivity index (χ3n) is 13.4. The van der Waals surface area contributed by atoms with Gasteiger partial charge in [-0.05, 0) is 110 Å². The molecule has 190 valence electrons. The van der Waals surface area contributed by atoms with Crippen molar-refractivity contribution in [3.8, 4) is 0 Å². The number of hydrogen-bond donors (Lipinski definition) is 2. The van der Waals surface area contributed by atoms with Crippen molar-refractivity contribution in [2.24, 2.45) is 56.7 Å². The number of carboxylic acids is 1. The van der Waals surface area contributed by atoms with Crippen LogP contribution in [-0.4, -0.2) is 22.3 Å². The molecule has 3 nitrogen and oxygen atoms in total. The molecule has 5 rings (SSSR count). The Morgan fingerprint density at radius 2 is 1.65 bits per heavy atom. The Balaban J connectivity index is 1.65. The van der Waals surface area contributed by atoms with E-state index < -0.39 is 17.5 Å². The highest BCUT2D eigenvalue weighted by Gasteiger charge is 2.70. The zero-order valence-corrected chi connectivity index (χ0v) is 22.7. The van der Waals surface area contributed by atoms with Gasteiger partial charge in [0.1, 0.15) is 0 Å². The standard InChI is InChI=1S/C31H48O3/c1-18-9-12-27(4)15-16-29(6)21(24(27)20(18)3)17-19(2)25-28(5)13-11-23(32)31(8,26(33)34)22(28)10-14-30(25,29)7/h17-18,20,22-25,32H,2,9-16H2,1,3-8H3,(H,33,34). The number of aliphatic hydroxyl groups is 1. The Bertz CT molecular complexity index is 950. The minimum atomic E-state index is -1.09. The molecule has 34 heavy (non-hydrogen) atoms. The zero-order valence-electron chi connectivity index (χ0n) is 22.7. The third kappa shape index (κ3) is 2.72. The Morgan fingerprint density at radius 3 is 2.29 bits per heavy atom. The first-order valence-corrected chi connectivity index (χ1v) is 14.0. The molecule has 0 radical (unpaired) electrons. The van der Waals surface area contributed by atoms with Gasteiger partial charge in [-0.3, -0.25) is 4.79 Å². The highest BCUT2D eigenvalue weighted by molar-refractivity contribution is 5.76. The molecule has 0 bridgehead atoms. The Hall–Kier alpha value is -1.09. The molecule has 0 amide bonds. The molecule has 0 aromatic heterocycles. The van der Waals surface area contributed by atoms with E-state index in [1.165, 1.54) is 31.3 Å². The van der Waals surface area contributed by atoms with Crippen LogP contribution in [0, 0.1) is 56.7 Å². The zero-order chi connectivity index (χ0) is 25.1. The van der Waals surface area contributed by atoms with Crippen molar-refractivity contribution in [3.05, 3.63) is 23.8 Å². The number of aliphatic hydroxyl groups excluding tert-OH is 1. The molecule has 0 aromatic rings. The highest BCUT2D eigenvalue weighted by Crippen LogP contribution is 2.76. The smallest absolute Gasteiger partial charge is 0.312 e. The van der Waals surface area contributed by atoms with E-state index in [1.54, 1.807) is 5.57 Å². The van der Waals surface area contributed by atoms with Gasteiger partial charge in [-0.2, -0.15) is 0 Å². The highest BCUT2D eigenvalue weighted by atomic mass is 16.4. The van der Waals surface area contributed by atoms with Gasteiger partial charge in [-0.25, -0.2) is 0 Å². The minimum absolute atomic E-state index is 0.0305. The molecule has 4 saturated carbocycles. The van der Waals surface area contributed by atoms with Crippen LogP contribution in [0.5, 0.6) is 0 Å². The van der Waals surface area contributed by atoms with Gasteiger partial charge in [0, 0.05) is 0 Å². The van der Waals surface area contributed by atoms with E-state index >= 15 is 0 Å². The topological polar surface area (TPSA) is 57.5 Å². The average Bonchev–Trinajstić information content (AvgIpc) is 2.75. The van der Waals surface area contributed by atoms with E-state index in [-0.39, 0.29) is 28.1 Å². The van der Waals surface area contributed by atoms with Crippen molar-refractivity contribution >= 4 is 5.97 Å². The van der Waals surface area contributed by atoms with Crippen molar-refractivity contribution in [2.75, 3.05) is 0 Å². The van der Waals surface area contributed by atoms with Crippen molar-refractivity contribution in [2.45, 2.75) is 106 Å². The van der Waals surface area contributed by atoms with E-state index in [1.807, 2.05) is 6.92 Å². The number of carbonyl (C=O) groups is 1. The molecule has 0 saturated heterocycles. The lowest BCUT2D eigenvalue weighted by Gasteiger charge is -2.71. The summed E-state index contributed by atoms with van der Waals surface area (Å²) in [7, 11) is 0. The van der Waals surface area contributed by atoms with E-state index in [0.717, 1.165) is 25.2 Å². The summed E-state index contributed by atoms with van der Waals surface area (Å²) in [5.41, 5.74) is 2.24. The molecule has 0 heterocycles. The van der Waals surface area contributed by atoms with Gasteiger partial charge >= 0.3 is 5.97 Å². The van der Waals surface area contributed by atoms with Gasteiger partial charge in [0.2, 0.25) is 0 Å². The fourth-order valence-corrected chi connectivity index (χ4v) is 10.9. The van der Waals surface area contributed by atoms with Crippen LogP contribution >= 0.6 is 0 Å². The third-order valence-corrected chi connectivity index (χ3v) is 13.4. The summed E-state index contributed by atoms with van der Waals surface area (Å²) in [4.78, 5) is 12.6. The number of rotatable bonds is 1. The summed E-state index contributed by atoms with van der Waals surface area (Å²) >= 11 is 0. The van der Waals surface area contributed by atoms with Crippen LogP contribution in [0.3, 0.4) is 0 Å². The molecule has 5 aliphatic carbocycles. The second-order valence-electron chi connectivity index (χ2n) is 14.6. The summed E-state index contributed by atoms with van der Waals surface area (Å²) in [6.07, 6.45) is 10.3. The van der Waals surface area contributed by atoms with E-state index in [4.69, 9.17) is 6.58 Å². The van der Waals surface area contributed by atoms with Crippen LogP contribution in [0.1, 0.15) is 99.8 Å². The fourth-order valence-electron chi connectivity index (χ4n) is 10.9. The molecule has 0 spiro atoms. The van der Waals surface area contributed by atoms with Crippen molar-refractivity contribution < 1.29 is 15.0 Å². The van der Waals surface area contributed by atoms with Crippen LogP contribution in [0.2, 0.25) is 0 Å². The van der Waals surface area contributed by atoms with Crippen LogP contribution < -0.4 is 0 Å². The molecule has 5 aliphatic rings. The molecule has 0 aromatic carbocycles. The van der Waals surface area contributed by atoms with Crippen molar-refractivity contribution in [3.63, 3.8) is 0 Å². The predicted molar refractivity (Wildman–Crippen MR) is 137 cm³/mol. The normalized spacial score (nSPS) is 56.9. The van der Waals surface area contributed by atoms with E-state index in [0.29, 0.717) is 23.7 Å². The second-order valence-corrected chi connectivity index (χ2v) is 14.6. The molecule has 11 unspecified atom stereocenters. The molecule has 3 heteroatoms. The summed E-state index contributed by atoms with van der Waals surface area (Å²) in [6, 6.07) is 0. The van der Waals surface area contributed by atoms with E-state index in [9.17, 15) is 15.0 Å². The Morgan fingerprint density at radius 1 is 0.971 bits per heavy atom. The molecule has 4 fully saturated rings. The van der Waals surface area contributed by atoms with Crippen LogP contribution in [0.4, 0.5) is 0 Å². The van der Waals surface area contributed by atoms with Gasteiger partial charge in [-0.15, -0.1) is 0 Å². The van der Waals surface area contributed by atoms with E-state index in [2.05, 4.69) is 47.6 Å². The predicted octanol–water partition coefficient (Wildman–Crippen LogP) is 7.26. The SMILES string of the molecule is C=C1C=C2C3C(C)C(C)CCC3(C)CCC2(C)C2(C)CCC3C(C)(CCC(O)C3(C)C(=O)O)C12. The largest absolute Gasteiger partial charge is 0.481 e. The number of allylic oxidation sites excluding steroid dienone is 3. The number of hydrogen-bond acceptors (Lipinski definition) is 2. The summed E-state index contributed by atoms with van der Waals surface area (Å²) < 4.78 is 0. The van der Waals surface area contributed by atoms with Crippen LogP contribution in [0.25, 0.3) is 0 Å². The molecule has 2 N–H and O–H groups in total. The van der Waals surface area contributed by atoms with Gasteiger partial charge in [0.15, 0.2) is 0 Å². The molecular weight excluding hydrogens is 420 g/mol. The average molecular weight is 469 g/mol. The number of aliphatic carboxylic acids is 1. The second kappa shape index (κ2) is 7.24. The maximum atomic E-state index is 12.6. The molecule has 11 atom stereocenters. The monoisotopic (exact) mass is 468 g/mol. The lowest BCUT2D eigenvalue weighted by Crippen LogP contribution is -2.66. The Labute approximate surface area is 207 Å².